The lowest BCUT2D eigenvalue weighted by Crippen LogP contribution is -2.53. The van der Waals surface area contributed by atoms with E-state index in [0.717, 1.165) is 17.7 Å². The van der Waals surface area contributed by atoms with E-state index in [9.17, 15) is 14.4 Å². The summed E-state index contributed by atoms with van der Waals surface area (Å²) in [5, 5.41) is 0. The smallest absolute Gasteiger partial charge is 0.144 e. The van der Waals surface area contributed by atoms with Gasteiger partial charge in [-0.2, -0.15) is 0 Å². The summed E-state index contributed by atoms with van der Waals surface area (Å²) >= 11 is 0. The Morgan fingerprint density at radius 2 is 1.41 bits per heavy atom. The minimum atomic E-state index is -0.722. The van der Waals surface area contributed by atoms with Crippen LogP contribution in [-0.4, -0.2) is 23.5 Å². The zero-order chi connectivity index (χ0) is 19.6. The van der Waals surface area contributed by atoms with Crippen molar-refractivity contribution in [2.24, 2.45) is 22.7 Å². The fraction of sp³-hybridized carbons (Fsp3) is 0.609. The summed E-state index contributed by atoms with van der Waals surface area (Å²) in [7, 11) is 0. The quantitative estimate of drug-likeness (QED) is 0.700. The van der Waals surface area contributed by atoms with Crippen molar-refractivity contribution >= 4 is 17.3 Å². The molecule has 1 aromatic rings. The van der Waals surface area contributed by atoms with E-state index in [-0.39, 0.29) is 40.2 Å². The van der Waals surface area contributed by atoms with Crippen LogP contribution in [0.5, 0.6) is 5.75 Å². The number of rotatable bonds is 1. The predicted octanol–water partition coefficient (Wildman–Crippen LogP) is 4.11. The van der Waals surface area contributed by atoms with Crippen LogP contribution in [0.15, 0.2) is 24.3 Å². The molecule has 3 atom stereocenters. The largest absolute Gasteiger partial charge is 0.489 e. The molecule has 0 saturated heterocycles. The molecule has 0 amide bonds. The summed E-state index contributed by atoms with van der Waals surface area (Å²) < 4.78 is 6.23. The van der Waals surface area contributed by atoms with Gasteiger partial charge in [-0.25, -0.2) is 0 Å². The standard InChI is InChI=1S/C23H28O4/c1-22(2)9-14(24)20(15(25)10-22)19-13-7-5-6-8-17(13)27-18-12-23(3,4)11-16(26)21(18)19/h5-8,18-21H,9-12H2,1-4H3. The molecule has 1 heterocycles. The monoisotopic (exact) mass is 368 g/mol. The Morgan fingerprint density at radius 1 is 0.815 bits per heavy atom. The molecule has 4 nitrogen and oxygen atoms in total. The van der Waals surface area contributed by atoms with Gasteiger partial charge in [0, 0.05) is 25.2 Å². The van der Waals surface area contributed by atoms with Gasteiger partial charge in [-0.1, -0.05) is 45.9 Å². The van der Waals surface area contributed by atoms with E-state index >= 15 is 0 Å². The molecule has 0 bridgehead atoms. The highest BCUT2D eigenvalue weighted by molar-refractivity contribution is 6.07. The maximum absolute atomic E-state index is 13.1. The van der Waals surface area contributed by atoms with Gasteiger partial charge in [0.05, 0.1) is 11.8 Å². The summed E-state index contributed by atoms with van der Waals surface area (Å²) in [6.07, 6.45) is 1.74. The average molecular weight is 368 g/mol. The van der Waals surface area contributed by atoms with E-state index in [1.54, 1.807) is 0 Å². The van der Waals surface area contributed by atoms with Crippen LogP contribution >= 0.6 is 0 Å². The van der Waals surface area contributed by atoms with Crippen LogP contribution in [0.25, 0.3) is 0 Å². The summed E-state index contributed by atoms with van der Waals surface area (Å²) in [6.45, 7) is 8.10. The molecule has 0 radical (unpaired) electrons. The van der Waals surface area contributed by atoms with Crippen LogP contribution in [0.1, 0.15) is 64.9 Å². The number of benzene rings is 1. The van der Waals surface area contributed by atoms with Crippen LogP contribution in [0.2, 0.25) is 0 Å². The number of hydrogen-bond acceptors (Lipinski definition) is 4. The number of Topliss-reactive ketones (excluding diaryl/α,β-unsaturated/α-hetero) is 3. The van der Waals surface area contributed by atoms with E-state index in [1.807, 2.05) is 38.1 Å². The van der Waals surface area contributed by atoms with Crippen molar-refractivity contribution in [3.8, 4) is 5.75 Å². The lowest BCUT2D eigenvalue weighted by atomic mass is 9.58. The zero-order valence-corrected chi connectivity index (χ0v) is 16.6. The van der Waals surface area contributed by atoms with E-state index in [0.29, 0.717) is 19.3 Å². The second kappa shape index (κ2) is 6.02. The van der Waals surface area contributed by atoms with E-state index in [2.05, 4.69) is 13.8 Å². The Labute approximate surface area is 160 Å². The molecule has 4 heteroatoms. The number of fused-ring (bicyclic) bond motifs is 2. The number of carbonyl (C=O) groups is 3. The molecule has 1 aromatic carbocycles. The third kappa shape index (κ3) is 3.13. The molecule has 2 aliphatic carbocycles. The summed E-state index contributed by atoms with van der Waals surface area (Å²) in [4.78, 5) is 39.3. The minimum Gasteiger partial charge on any atom is -0.489 e. The molecule has 144 valence electrons. The summed E-state index contributed by atoms with van der Waals surface area (Å²) in [5.74, 6) is -0.711. The van der Waals surface area contributed by atoms with Crippen LogP contribution < -0.4 is 4.74 Å². The molecule has 27 heavy (non-hydrogen) atoms. The fourth-order valence-corrected chi connectivity index (χ4v) is 5.50. The van der Waals surface area contributed by atoms with Crippen LogP contribution in [0, 0.1) is 22.7 Å². The first-order chi connectivity index (χ1) is 12.6. The van der Waals surface area contributed by atoms with Gasteiger partial charge < -0.3 is 4.74 Å². The normalized spacial score (nSPS) is 32.4. The highest BCUT2D eigenvalue weighted by Crippen LogP contribution is 2.53. The number of ether oxygens (including phenoxy) is 1. The molecule has 4 rings (SSSR count). The second-order valence-electron chi connectivity index (χ2n) is 10.2. The molecule has 1 aliphatic heterocycles. The Kier molecular flexibility index (Phi) is 4.10. The molecular weight excluding hydrogens is 340 g/mol. The van der Waals surface area contributed by atoms with Crippen molar-refractivity contribution in [1.82, 2.24) is 0 Å². The lowest BCUT2D eigenvalue weighted by Gasteiger charge is -2.48. The average Bonchev–Trinajstić information content (AvgIpc) is 2.50. The van der Waals surface area contributed by atoms with E-state index < -0.39 is 11.8 Å². The Hall–Kier alpha value is -1.97. The molecule has 2 fully saturated rings. The van der Waals surface area contributed by atoms with E-state index in [1.165, 1.54) is 0 Å². The van der Waals surface area contributed by atoms with Gasteiger partial charge in [0.1, 0.15) is 29.2 Å². The highest BCUT2D eigenvalue weighted by atomic mass is 16.5. The van der Waals surface area contributed by atoms with Gasteiger partial charge >= 0.3 is 0 Å². The fourth-order valence-electron chi connectivity index (χ4n) is 5.50. The molecule has 2 saturated carbocycles. The van der Waals surface area contributed by atoms with Crippen molar-refractivity contribution < 1.29 is 19.1 Å². The first kappa shape index (κ1) is 18.4. The van der Waals surface area contributed by atoms with Crippen LogP contribution in [0.4, 0.5) is 0 Å². The maximum atomic E-state index is 13.1. The third-order valence-corrected chi connectivity index (χ3v) is 6.48. The SMILES string of the molecule is CC1(C)CC(=O)C(C2c3ccccc3OC3CC(C)(C)CC(=O)C32)C(=O)C1. The van der Waals surface area contributed by atoms with Gasteiger partial charge in [-0.05, 0) is 28.9 Å². The first-order valence-corrected chi connectivity index (χ1v) is 9.92. The minimum absolute atomic E-state index is 0.0191. The molecule has 3 unspecified atom stereocenters. The molecule has 3 aliphatic rings. The Balaban J connectivity index is 1.81. The van der Waals surface area contributed by atoms with Crippen LogP contribution in [0.3, 0.4) is 0 Å². The third-order valence-electron chi connectivity index (χ3n) is 6.48. The van der Waals surface area contributed by atoms with Crippen molar-refractivity contribution in [3.05, 3.63) is 29.8 Å². The highest BCUT2D eigenvalue weighted by Gasteiger charge is 2.55. The lowest BCUT2D eigenvalue weighted by molar-refractivity contribution is -0.146. The molecule has 0 spiro atoms. The van der Waals surface area contributed by atoms with Gasteiger partial charge in [0.2, 0.25) is 0 Å². The predicted molar refractivity (Wildman–Crippen MR) is 102 cm³/mol. The van der Waals surface area contributed by atoms with Crippen molar-refractivity contribution in [2.75, 3.05) is 0 Å². The van der Waals surface area contributed by atoms with Crippen LogP contribution in [-0.2, 0) is 14.4 Å². The van der Waals surface area contributed by atoms with E-state index in [4.69, 9.17) is 4.74 Å². The van der Waals surface area contributed by atoms with Crippen molar-refractivity contribution in [2.45, 2.75) is 65.4 Å². The van der Waals surface area contributed by atoms with Gasteiger partial charge in [0.15, 0.2) is 0 Å². The number of carbonyl (C=O) groups excluding carboxylic acids is 3. The van der Waals surface area contributed by atoms with Gasteiger partial charge in [-0.3, -0.25) is 14.4 Å². The molecule has 0 N–H and O–H groups in total. The molecular formula is C23H28O4. The Morgan fingerprint density at radius 3 is 2.07 bits per heavy atom. The Bertz CT molecular complexity index is 799. The second-order valence-corrected chi connectivity index (χ2v) is 10.2. The van der Waals surface area contributed by atoms with Crippen molar-refractivity contribution in [3.63, 3.8) is 0 Å². The maximum Gasteiger partial charge on any atom is 0.144 e. The first-order valence-electron chi connectivity index (χ1n) is 9.92. The summed E-state index contributed by atoms with van der Waals surface area (Å²) in [6, 6.07) is 7.62. The topological polar surface area (TPSA) is 60.4 Å². The zero-order valence-electron chi connectivity index (χ0n) is 16.6. The number of ketones is 3. The van der Waals surface area contributed by atoms with Gasteiger partial charge in [0.25, 0.3) is 0 Å². The van der Waals surface area contributed by atoms with Gasteiger partial charge in [-0.15, -0.1) is 0 Å². The number of hydrogen-bond donors (Lipinski definition) is 0. The summed E-state index contributed by atoms with van der Waals surface area (Å²) in [5.41, 5.74) is 0.420. The van der Waals surface area contributed by atoms with Crippen molar-refractivity contribution in [1.29, 1.82) is 0 Å². The molecule has 0 aromatic heterocycles. The number of para-hydroxylation sites is 1.